The van der Waals surface area contributed by atoms with Crippen LogP contribution >= 0.6 is 15.9 Å². The molecule has 2 aromatic rings. The van der Waals surface area contributed by atoms with Crippen LogP contribution in [0.25, 0.3) is 10.8 Å². The molecule has 0 radical (unpaired) electrons. The second-order valence-corrected chi connectivity index (χ2v) is 7.15. The predicted octanol–water partition coefficient (Wildman–Crippen LogP) is 5.71. The maximum absolute atomic E-state index is 4.02. The van der Waals surface area contributed by atoms with Crippen LogP contribution in [0.5, 0.6) is 0 Å². The minimum Gasteiger partial charge on any atom is -0.0835 e. The fraction of sp³-hybridized carbons (Fsp3) is 0.444. The van der Waals surface area contributed by atoms with Crippen LogP contribution in [0.1, 0.15) is 36.1 Å². The Labute approximate surface area is 123 Å². The Morgan fingerprint density at radius 2 is 1.58 bits per heavy atom. The SMILES string of the molecule is BrC(c1cccc2ccccc12)C1C2CCCCC21. The van der Waals surface area contributed by atoms with Gasteiger partial charge >= 0.3 is 0 Å². The van der Waals surface area contributed by atoms with Gasteiger partial charge in [0.2, 0.25) is 0 Å². The largest absolute Gasteiger partial charge is 0.0835 e. The van der Waals surface area contributed by atoms with Gasteiger partial charge in [-0.05, 0) is 46.9 Å². The third-order valence-electron chi connectivity index (χ3n) is 5.18. The third kappa shape index (κ3) is 1.94. The molecule has 0 nitrogen and oxygen atoms in total. The Hall–Kier alpha value is -0.820. The normalized spacial score (nSPS) is 30.9. The van der Waals surface area contributed by atoms with Crippen LogP contribution in [0.2, 0.25) is 0 Å². The van der Waals surface area contributed by atoms with Gasteiger partial charge in [0, 0.05) is 4.83 Å². The first kappa shape index (κ1) is 12.0. The number of hydrogen-bond acceptors (Lipinski definition) is 0. The van der Waals surface area contributed by atoms with Crippen molar-refractivity contribution in [1.82, 2.24) is 0 Å². The first-order valence-corrected chi connectivity index (χ1v) is 8.39. The summed E-state index contributed by atoms with van der Waals surface area (Å²) in [6.45, 7) is 0. The quantitative estimate of drug-likeness (QED) is 0.622. The van der Waals surface area contributed by atoms with Crippen molar-refractivity contribution in [2.45, 2.75) is 30.5 Å². The van der Waals surface area contributed by atoms with Crippen LogP contribution in [0.15, 0.2) is 42.5 Å². The third-order valence-corrected chi connectivity index (χ3v) is 6.28. The summed E-state index contributed by atoms with van der Waals surface area (Å²) in [5, 5.41) is 2.79. The Morgan fingerprint density at radius 1 is 0.895 bits per heavy atom. The number of alkyl halides is 1. The van der Waals surface area contributed by atoms with Gasteiger partial charge in [-0.3, -0.25) is 0 Å². The molecule has 2 aliphatic rings. The fourth-order valence-corrected chi connectivity index (χ4v) is 5.36. The Kier molecular flexibility index (Phi) is 2.91. The number of rotatable bonds is 2. The van der Waals surface area contributed by atoms with Gasteiger partial charge in [-0.15, -0.1) is 0 Å². The average Bonchev–Trinajstić information content (AvgIpc) is 3.20. The molecule has 3 unspecified atom stereocenters. The second kappa shape index (κ2) is 4.63. The zero-order valence-corrected chi connectivity index (χ0v) is 12.6. The van der Waals surface area contributed by atoms with E-state index in [9.17, 15) is 0 Å². The molecule has 0 spiro atoms. The van der Waals surface area contributed by atoms with E-state index in [1.54, 1.807) is 0 Å². The molecular formula is C18H19Br. The molecule has 2 aliphatic carbocycles. The molecule has 0 aliphatic heterocycles. The van der Waals surface area contributed by atoms with Gasteiger partial charge in [0.25, 0.3) is 0 Å². The predicted molar refractivity (Wildman–Crippen MR) is 84.6 cm³/mol. The summed E-state index contributed by atoms with van der Waals surface area (Å²) < 4.78 is 0. The van der Waals surface area contributed by atoms with Crippen LogP contribution < -0.4 is 0 Å². The highest BCUT2D eigenvalue weighted by Gasteiger charge is 2.53. The van der Waals surface area contributed by atoms with E-state index in [2.05, 4.69) is 58.4 Å². The summed E-state index contributed by atoms with van der Waals surface area (Å²) in [4.78, 5) is 0.548. The van der Waals surface area contributed by atoms with Crippen LogP contribution in [0, 0.1) is 17.8 Å². The van der Waals surface area contributed by atoms with Gasteiger partial charge in [0.15, 0.2) is 0 Å². The summed E-state index contributed by atoms with van der Waals surface area (Å²) in [5.41, 5.74) is 1.50. The molecule has 2 saturated carbocycles. The van der Waals surface area contributed by atoms with Gasteiger partial charge in [0.05, 0.1) is 0 Å². The minimum atomic E-state index is 0.548. The zero-order valence-electron chi connectivity index (χ0n) is 11.1. The Balaban J connectivity index is 1.71. The van der Waals surface area contributed by atoms with Gasteiger partial charge in [0.1, 0.15) is 0 Å². The molecule has 3 atom stereocenters. The fourth-order valence-electron chi connectivity index (χ4n) is 4.18. The molecule has 0 bridgehead atoms. The lowest BCUT2D eigenvalue weighted by atomic mass is 9.99. The first-order valence-electron chi connectivity index (χ1n) is 7.48. The van der Waals surface area contributed by atoms with Gasteiger partial charge < -0.3 is 0 Å². The summed E-state index contributed by atoms with van der Waals surface area (Å²) >= 11 is 4.02. The summed E-state index contributed by atoms with van der Waals surface area (Å²) in [7, 11) is 0. The first-order chi connectivity index (χ1) is 9.36. The van der Waals surface area contributed by atoms with Crippen molar-refractivity contribution < 1.29 is 0 Å². The van der Waals surface area contributed by atoms with Crippen molar-refractivity contribution in [3.63, 3.8) is 0 Å². The molecule has 0 aromatic heterocycles. The average molecular weight is 315 g/mol. The van der Waals surface area contributed by atoms with Crippen LogP contribution in [-0.2, 0) is 0 Å². The highest BCUT2D eigenvalue weighted by atomic mass is 79.9. The van der Waals surface area contributed by atoms with E-state index >= 15 is 0 Å². The smallest absolute Gasteiger partial charge is 0.0435 e. The zero-order chi connectivity index (χ0) is 12.8. The molecule has 98 valence electrons. The van der Waals surface area contributed by atoms with Crippen molar-refractivity contribution in [1.29, 1.82) is 0 Å². The van der Waals surface area contributed by atoms with E-state index in [-0.39, 0.29) is 0 Å². The molecule has 19 heavy (non-hydrogen) atoms. The van der Waals surface area contributed by atoms with E-state index in [0.29, 0.717) is 4.83 Å². The Morgan fingerprint density at radius 3 is 2.37 bits per heavy atom. The van der Waals surface area contributed by atoms with Crippen molar-refractivity contribution in [2.75, 3.05) is 0 Å². The van der Waals surface area contributed by atoms with Crippen LogP contribution in [0.3, 0.4) is 0 Å². The highest BCUT2D eigenvalue weighted by Crippen LogP contribution is 2.63. The van der Waals surface area contributed by atoms with Crippen molar-refractivity contribution in [3.8, 4) is 0 Å². The van der Waals surface area contributed by atoms with E-state index in [0.717, 1.165) is 17.8 Å². The van der Waals surface area contributed by atoms with Crippen molar-refractivity contribution in [2.24, 2.45) is 17.8 Å². The van der Waals surface area contributed by atoms with E-state index in [1.807, 2.05) is 0 Å². The number of hydrogen-bond donors (Lipinski definition) is 0. The van der Waals surface area contributed by atoms with Gasteiger partial charge in [-0.25, -0.2) is 0 Å². The minimum absolute atomic E-state index is 0.548. The van der Waals surface area contributed by atoms with Crippen molar-refractivity contribution >= 4 is 26.7 Å². The van der Waals surface area contributed by atoms with Gasteiger partial charge in [-0.2, -0.15) is 0 Å². The lowest BCUT2D eigenvalue weighted by Gasteiger charge is -2.13. The van der Waals surface area contributed by atoms with Crippen LogP contribution in [-0.4, -0.2) is 0 Å². The molecule has 4 rings (SSSR count). The summed E-state index contributed by atoms with van der Waals surface area (Å²) in [6, 6.07) is 15.5. The molecule has 0 heterocycles. The maximum Gasteiger partial charge on any atom is 0.0435 e. The van der Waals surface area contributed by atoms with Crippen molar-refractivity contribution in [3.05, 3.63) is 48.0 Å². The number of fused-ring (bicyclic) bond motifs is 2. The van der Waals surface area contributed by atoms with E-state index in [4.69, 9.17) is 0 Å². The Bertz CT molecular complexity index is 586. The highest BCUT2D eigenvalue weighted by molar-refractivity contribution is 9.09. The molecule has 0 amide bonds. The number of benzene rings is 2. The maximum atomic E-state index is 4.02. The van der Waals surface area contributed by atoms with E-state index < -0.39 is 0 Å². The van der Waals surface area contributed by atoms with Gasteiger partial charge in [-0.1, -0.05) is 71.2 Å². The molecule has 2 fully saturated rings. The lowest BCUT2D eigenvalue weighted by molar-refractivity contribution is 0.480. The molecule has 0 N–H and O–H groups in total. The summed E-state index contributed by atoms with van der Waals surface area (Å²) in [6.07, 6.45) is 5.82. The van der Waals surface area contributed by atoms with Crippen LogP contribution in [0.4, 0.5) is 0 Å². The molecule has 2 aromatic carbocycles. The molecular weight excluding hydrogens is 296 g/mol. The number of halogens is 1. The monoisotopic (exact) mass is 314 g/mol. The topological polar surface area (TPSA) is 0 Å². The lowest BCUT2D eigenvalue weighted by Crippen LogP contribution is -1.96. The standard InChI is InChI=1S/C18H19Br/c19-18(17-14-9-3-4-10-15(14)17)16-11-5-7-12-6-1-2-8-13(12)16/h1-2,5-8,11,14-15,17-18H,3-4,9-10H2. The second-order valence-electron chi connectivity index (χ2n) is 6.16. The van der Waals surface area contributed by atoms with E-state index in [1.165, 1.54) is 42.0 Å². The summed E-state index contributed by atoms with van der Waals surface area (Å²) in [5.74, 6) is 2.88. The molecule has 1 heteroatoms. The molecule has 0 saturated heterocycles.